The largest absolute Gasteiger partial charge is 0.478 e. The maximum atomic E-state index is 12.6. The molecule has 1 N–H and O–H groups in total. The molecule has 0 fully saturated rings. The number of allylic oxidation sites excluding steroid dienone is 9. The number of Topliss-reactive ketones (excluding diaryl/α,β-unsaturated/α-hetero) is 1. The van der Waals surface area contributed by atoms with Crippen LogP contribution in [0.4, 0.5) is 0 Å². The van der Waals surface area contributed by atoms with Gasteiger partial charge in [0, 0.05) is 11.1 Å². The monoisotopic (exact) mass is 284 g/mol. The van der Waals surface area contributed by atoms with Crippen molar-refractivity contribution in [3.05, 3.63) is 71.4 Å². The van der Waals surface area contributed by atoms with E-state index in [0.29, 0.717) is 11.1 Å². The van der Waals surface area contributed by atoms with Crippen molar-refractivity contribution in [2.75, 3.05) is 0 Å². The van der Waals surface area contributed by atoms with Gasteiger partial charge >= 0.3 is 5.97 Å². The lowest BCUT2D eigenvalue weighted by atomic mass is 9.94. The molecular formula is C18H20O3. The highest BCUT2D eigenvalue weighted by Crippen LogP contribution is 2.20. The van der Waals surface area contributed by atoms with E-state index in [1.807, 2.05) is 25.2 Å². The van der Waals surface area contributed by atoms with E-state index in [0.717, 1.165) is 0 Å². The van der Waals surface area contributed by atoms with Crippen LogP contribution in [0.15, 0.2) is 71.4 Å². The Balaban J connectivity index is 3.22. The van der Waals surface area contributed by atoms with Crippen molar-refractivity contribution in [3.8, 4) is 0 Å². The number of rotatable bonds is 5. The quantitative estimate of drug-likeness (QED) is 0.617. The van der Waals surface area contributed by atoms with Crippen LogP contribution in [-0.4, -0.2) is 16.9 Å². The lowest BCUT2D eigenvalue weighted by Crippen LogP contribution is -2.13. The second-order valence-electron chi connectivity index (χ2n) is 4.97. The van der Waals surface area contributed by atoms with Gasteiger partial charge in [-0.1, -0.05) is 55.5 Å². The number of carboxylic acid groups (broad SMARTS) is 1. The molecule has 0 radical (unpaired) electrons. The molecule has 1 atom stereocenters. The minimum absolute atomic E-state index is 0.0365. The first kappa shape index (κ1) is 16.6. The minimum atomic E-state index is -1.14. The van der Waals surface area contributed by atoms with E-state index in [2.05, 4.69) is 6.58 Å². The lowest BCUT2D eigenvalue weighted by Gasteiger charge is -2.08. The Labute approximate surface area is 125 Å². The number of ketones is 1. The van der Waals surface area contributed by atoms with Gasteiger partial charge in [-0.2, -0.15) is 0 Å². The summed E-state index contributed by atoms with van der Waals surface area (Å²) < 4.78 is 0. The standard InChI is InChI=1S/C18H20O3/c1-5-15(16(18(20)21)11-12(2)3)17(19)14-8-6-7-13(4)9-10-14/h5-11,13H,2H2,1,3-4H3,(H,20,21)/b15-5+,16-11+. The third-order valence-corrected chi connectivity index (χ3v) is 2.98. The van der Waals surface area contributed by atoms with E-state index in [1.54, 1.807) is 26.0 Å². The zero-order valence-corrected chi connectivity index (χ0v) is 12.6. The molecule has 0 aliphatic heterocycles. The molecule has 3 heteroatoms. The van der Waals surface area contributed by atoms with Crippen LogP contribution < -0.4 is 0 Å². The van der Waals surface area contributed by atoms with E-state index in [4.69, 9.17) is 0 Å². The average molecular weight is 284 g/mol. The predicted octanol–water partition coefficient (Wildman–Crippen LogP) is 3.78. The normalized spacial score (nSPS) is 19.0. The highest BCUT2D eigenvalue weighted by Gasteiger charge is 2.21. The summed E-state index contributed by atoms with van der Waals surface area (Å²) in [5.41, 5.74) is 1.19. The molecule has 1 aliphatic rings. The van der Waals surface area contributed by atoms with Crippen LogP contribution in [-0.2, 0) is 9.59 Å². The van der Waals surface area contributed by atoms with Crippen LogP contribution in [0, 0.1) is 5.92 Å². The fraction of sp³-hybridized carbons (Fsp3) is 0.222. The topological polar surface area (TPSA) is 54.4 Å². The molecule has 3 nitrogen and oxygen atoms in total. The van der Waals surface area contributed by atoms with Gasteiger partial charge in [-0.25, -0.2) is 4.79 Å². The van der Waals surface area contributed by atoms with E-state index in [-0.39, 0.29) is 22.8 Å². The van der Waals surface area contributed by atoms with Gasteiger partial charge in [0.25, 0.3) is 0 Å². The molecule has 21 heavy (non-hydrogen) atoms. The molecule has 1 aliphatic carbocycles. The van der Waals surface area contributed by atoms with Crippen LogP contribution >= 0.6 is 0 Å². The van der Waals surface area contributed by atoms with Crippen molar-refractivity contribution in [1.82, 2.24) is 0 Å². The second kappa shape index (κ2) is 7.39. The van der Waals surface area contributed by atoms with Gasteiger partial charge < -0.3 is 5.11 Å². The molecule has 0 saturated heterocycles. The SMILES string of the molecule is C=C(C)/C=C(C(=O)O)\C(=C/C)C(=O)C1=CC=CC(C)C=C1. The minimum Gasteiger partial charge on any atom is -0.478 e. The first-order valence-electron chi connectivity index (χ1n) is 6.75. The summed E-state index contributed by atoms with van der Waals surface area (Å²) in [5.74, 6) is -1.20. The maximum Gasteiger partial charge on any atom is 0.336 e. The molecule has 0 bridgehead atoms. The Kier molecular flexibility index (Phi) is 5.85. The first-order chi connectivity index (χ1) is 9.86. The molecule has 0 aromatic carbocycles. The number of aliphatic carboxylic acids is 1. The highest BCUT2D eigenvalue weighted by atomic mass is 16.4. The number of carboxylic acids is 1. The molecule has 0 heterocycles. The number of carbonyl (C=O) groups excluding carboxylic acids is 1. The van der Waals surface area contributed by atoms with E-state index in [9.17, 15) is 14.7 Å². The van der Waals surface area contributed by atoms with E-state index >= 15 is 0 Å². The van der Waals surface area contributed by atoms with Crippen molar-refractivity contribution >= 4 is 11.8 Å². The Morgan fingerprint density at radius 3 is 2.48 bits per heavy atom. The summed E-state index contributed by atoms with van der Waals surface area (Å²) in [5, 5.41) is 9.31. The number of carbonyl (C=O) groups is 2. The van der Waals surface area contributed by atoms with Crippen molar-refractivity contribution in [3.63, 3.8) is 0 Å². The fourth-order valence-electron chi connectivity index (χ4n) is 1.93. The number of hydrogen-bond donors (Lipinski definition) is 1. The van der Waals surface area contributed by atoms with Gasteiger partial charge in [-0.05, 0) is 25.8 Å². The first-order valence-corrected chi connectivity index (χ1v) is 6.75. The Morgan fingerprint density at radius 1 is 1.29 bits per heavy atom. The van der Waals surface area contributed by atoms with Crippen molar-refractivity contribution < 1.29 is 14.7 Å². The van der Waals surface area contributed by atoms with Crippen molar-refractivity contribution in [2.45, 2.75) is 20.8 Å². The molecule has 1 rings (SSSR count). The molecule has 110 valence electrons. The zero-order chi connectivity index (χ0) is 16.0. The van der Waals surface area contributed by atoms with Crippen LogP contribution in [0.1, 0.15) is 20.8 Å². The maximum absolute atomic E-state index is 12.6. The van der Waals surface area contributed by atoms with E-state index < -0.39 is 5.97 Å². The molecule has 0 amide bonds. The van der Waals surface area contributed by atoms with Gasteiger partial charge in [0.15, 0.2) is 5.78 Å². The molecule has 1 unspecified atom stereocenters. The smallest absolute Gasteiger partial charge is 0.336 e. The van der Waals surface area contributed by atoms with Crippen molar-refractivity contribution in [1.29, 1.82) is 0 Å². The molecule has 0 saturated carbocycles. The van der Waals surface area contributed by atoms with Gasteiger partial charge in [0.1, 0.15) is 0 Å². The van der Waals surface area contributed by atoms with Gasteiger partial charge in [-0.3, -0.25) is 4.79 Å². The lowest BCUT2D eigenvalue weighted by molar-refractivity contribution is -0.132. The summed E-state index contributed by atoms with van der Waals surface area (Å²) in [6.45, 7) is 9.03. The Morgan fingerprint density at radius 2 is 1.95 bits per heavy atom. The van der Waals surface area contributed by atoms with E-state index in [1.165, 1.54) is 12.2 Å². The highest BCUT2D eigenvalue weighted by molar-refractivity contribution is 6.18. The summed E-state index contributed by atoms with van der Waals surface area (Å²) in [4.78, 5) is 23.9. The van der Waals surface area contributed by atoms with Crippen LogP contribution in [0.25, 0.3) is 0 Å². The summed E-state index contributed by atoms with van der Waals surface area (Å²) in [6.07, 6.45) is 12.1. The van der Waals surface area contributed by atoms with Crippen LogP contribution in [0.2, 0.25) is 0 Å². The summed E-state index contributed by atoms with van der Waals surface area (Å²) in [7, 11) is 0. The van der Waals surface area contributed by atoms with Crippen LogP contribution in [0.3, 0.4) is 0 Å². The molecule has 0 spiro atoms. The van der Waals surface area contributed by atoms with Gasteiger partial charge in [0.2, 0.25) is 0 Å². The fourth-order valence-corrected chi connectivity index (χ4v) is 1.93. The average Bonchev–Trinajstić information content (AvgIpc) is 2.62. The Hall–Kier alpha value is -2.42. The summed E-state index contributed by atoms with van der Waals surface area (Å²) >= 11 is 0. The van der Waals surface area contributed by atoms with Gasteiger partial charge in [0.05, 0.1) is 5.57 Å². The molecule has 0 aromatic rings. The third-order valence-electron chi connectivity index (χ3n) is 2.98. The third kappa shape index (κ3) is 4.56. The number of hydrogen-bond acceptors (Lipinski definition) is 2. The molecular weight excluding hydrogens is 264 g/mol. The van der Waals surface area contributed by atoms with Crippen LogP contribution in [0.5, 0.6) is 0 Å². The van der Waals surface area contributed by atoms with Crippen molar-refractivity contribution in [2.24, 2.45) is 5.92 Å². The zero-order valence-electron chi connectivity index (χ0n) is 12.6. The summed E-state index contributed by atoms with van der Waals surface area (Å²) in [6, 6.07) is 0. The second-order valence-corrected chi connectivity index (χ2v) is 4.97. The Bertz CT molecular complexity index is 610. The predicted molar refractivity (Wildman–Crippen MR) is 84.8 cm³/mol. The molecule has 0 aromatic heterocycles. The van der Waals surface area contributed by atoms with Gasteiger partial charge in [-0.15, -0.1) is 0 Å².